The third kappa shape index (κ3) is 53.7. The molecule has 0 amide bonds. The number of allylic oxidation sites excluding steroid dienone is 12. The molecule has 0 saturated heterocycles. The molecule has 0 heterocycles. The molecule has 0 aliphatic rings. The van der Waals surface area contributed by atoms with Crippen LogP contribution in [0.3, 0.4) is 0 Å². The largest absolute Gasteiger partial charge is 0.462 e. The van der Waals surface area contributed by atoms with Gasteiger partial charge in [-0.15, -0.1) is 0 Å². The second-order valence-corrected chi connectivity index (χ2v) is 18.8. The molecule has 67 heavy (non-hydrogen) atoms. The van der Waals surface area contributed by atoms with E-state index in [-0.39, 0.29) is 31.1 Å². The summed E-state index contributed by atoms with van der Waals surface area (Å²) >= 11 is 0. The minimum atomic E-state index is -0.779. The first kappa shape index (κ1) is 63.8. The topological polar surface area (TPSA) is 78.9 Å². The molecule has 6 nitrogen and oxygen atoms in total. The number of hydrogen-bond donors (Lipinski definition) is 0. The Morgan fingerprint density at radius 3 is 0.910 bits per heavy atom. The summed E-state index contributed by atoms with van der Waals surface area (Å²) < 4.78 is 16.8. The van der Waals surface area contributed by atoms with Gasteiger partial charge in [-0.05, 0) is 89.9 Å². The molecule has 0 aliphatic carbocycles. The Hall–Kier alpha value is -3.15. The summed E-state index contributed by atoms with van der Waals surface area (Å²) in [6.45, 7) is 6.48. The number of carbonyl (C=O) groups is 3. The van der Waals surface area contributed by atoms with Gasteiger partial charge in [0, 0.05) is 19.3 Å². The van der Waals surface area contributed by atoms with Gasteiger partial charge < -0.3 is 14.2 Å². The average Bonchev–Trinajstić information content (AvgIpc) is 3.33. The van der Waals surface area contributed by atoms with Crippen LogP contribution in [0.5, 0.6) is 0 Å². The average molecular weight is 936 g/mol. The van der Waals surface area contributed by atoms with E-state index in [1.807, 2.05) is 0 Å². The minimum Gasteiger partial charge on any atom is -0.462 e. The zero-order valence-corrected chi connectivity index (χ0v) is 44.2. The van der Waals surface area contributed by atoms with Crippen LogP contribution in [0.25, 0.3) is 0 Å². The van der Waals surface area contributed by atoms with Gasteiger partial charge in [0.25, 0.3) is 0 Å². The van der Waals surface area contributed by atoms with E-state index in [0.717, 1.165) is 96.3 Å². The first-order valence-corrected chi connectivity index (χ1v) is 28.4. The quantitative estimate of drug-likeness (QED) is 0.0262. The molecule has 6 heteroatoms. The fourth-order valence-corrected chi connectivity index (χ4v) is 7.93. The van der Waals surface area contributed by atoms with Crippen LogP contribution >= 0.6 is 0 Å². The maximum atomic E-state index is 12.8. The standard InChI is InChI=1S/C61H106O6/c1-4-7-10-13-16-18-20-22-24-26-27-28-29-30-31-32-33-35-36-38-40-42-45-48-51-54-60(63)66-57-58(56-65-59(62)53-50-47-44-15-12-9-6-3)67-61(64)55-52-49-46-43-41-39-37-34-25-23-21-19-17-14-11-8-5-2/h8,11,17,19-20,22-23,25-27,29-30,58H,4-7,9-10,12-16,18,21,24,28,31-57H2,1-3H3/b11-8-,19-17-,22-20-,25-23-,27-26-,30-29-. The lowest BCUT2D eigenvalue weighted by Gasteiger charge is -2.18. The summed E-state index contributed by atoms with van der Waals surface area (Å²) in [6.07, 6.45) is 70.6. The van der Waals surface area contributed by atoms with Gasteiger partial charge in [0.2, 0.25) is 0 Å². The third-order valence-corrected chi connectivity index (χ3v) is 12.2. The first-order valence-electron chi connectivity index (χ1n) is 28.4. The monoisotopic (exact) mass is 935 g/mol. The Bertz CT molecular complexity index is 1260. The van der Waals surface area contributed by atoms with Gasteiger partial charge in [-0.3, -0.25) is 14.4 Å². The van der Waals surface area contributed by atoms with Crippen molar-refractivity contribution in [2.75, 3.05) is 13.2 Å². The second kappa shape index (κ2) is 55.4. The van der Waals surface area contributed by atoms with Gasteiger partial charge in [-0.25, -0.2) is 0 Å². The summed E-state index contributed by atoms with van der Waals surface area (Å²) in [4.78, 5) is 37.9. The smallest absolute Gasteiger partial charge is 0.306 e. The van der Waals surface area contributed by atoms with E-state index in [2.05, 4.69) is 93.7 Å². The fraction of sp³-hybridized carbons (Fsp3) is 0.754. The Morgan fingerprint density at radius 1 is 0.313 bits per heavy atom. The highest BCUT2D eigenvalue weighted by atomic mass is 16.6. The molecule has 1 unspecified atom stereocenters. The summed E-state index contributed by atoms with van der Waals surface area (Å²) in [5, 5.41) is 0. The summed E-state index contributed by atoms with van der Waals surface area (Å²) in [5.41, 5.74) is 0. The highest BCUT2D eigenvalue weighted by Crippen LogP contribution is 2.15. The zero-order chi connectivity index (χ0) is 48.6. The molecule has 0 fully saturated rings. The lowest BCUT2D eigenvalue weighted by Crippen LogP contribution is -2.30. The van der Waals surface area contributed by atoms with Crippen molar-refractivity contribution in [1.29, 1.82) is 0 Å². The molecular formula is C61H106O6. The Balaban J connectivity index is 4.18. The van der Waals surface area contributed by atoms with Crippen LogP contribution in [0.15, 0.2) is 72.9 Å². The normalized spacial score (nSPS) is 12.6. The highest BCUT2D eigenvalue weighted by molar-refractivity contribution is 5.71. The van der Waals surface area contributed by atoms with Crippen LogP contribution < -0.4 is 0 Å². The van der Waals surface area contributed by atoms with Crippen molar-refractivity contribution >= 4 is 17.9 Å². The molecule has 0 bridgehead atoms. The van der Waals surface area contributed by atoms with Crippen molar-refractivity contribution in [3.05, 3.63) is 72.9 Å². The van der Waals surface area contributed by atoms with Crippen molar-refractivity contribution in [3.63, 3.8) is 0 Å². The van der Waals surface area contributed by atoms with Crippen molar-refractivity contribution < 1.29 is 28.6 Å². The van der Waals surface area contributed by atoms with Crippen molar-refractivity contribution in [3.8, 4) is 0 Å². The van der Waals surface area contributed by atoms with Crippen LogP contribution in [0.2, 0.25) is 0 Å². The summed E-state index contributed by atoms with van der Waals surface area (Å²) in [6, 6.07) is 0. The number of hydrogen-bond acceptors (Lipinski definition) is 6. The molecule has 0 aromatic heterocycles. The van der Waals surface area contributed by atoms with Crippen LogP contribution in [0, 0.1) is 0 Å². The van der Waals surface area contributed by atoms with Gasteiger partial charge in [-0.2, -0.15) is 0 Å². The number of unbranched alkanes of at least 4 members (excludes halogenated alkanes) is 28. The van der Waals surface area contributed by atoms with E-state index in [9.17, 15) is 14.4 Å². The minimum absolute atomic E-state index is 0.0798. The van der Waals surface area contributed by atoms with Gasteiger partial charge in [0.15, 0.2) is 6.10 Å². The fourth-order valence-electron chi connectivity index (χ4n) is 7.93. The number of carbonyl (C=O) groups excluding carboxylic acids is 3. The van der Waals surface area contributed by atoms with Crippen LogP contribution in [0.1, 0.15) is 278 Å². The Labute approximate surface area is 414 Å². The predicted molar refractivity (Wildman–Crippen MR) is 288 cm³/mol. The van der Waals surface area contributed by atoms with E-state index in [4.69, 9.17) is 14.2 Å². The van der Waals surface area contributed by atoms with Crippen molar-refractivity contribution in [2.24, 2.45) is 0 Å². The molecule has 0 aliphatic heterocycles. The Kier molecular flexibility index (Phi) is 52.8. The van der Waals surface area contributed by atoms with Gasteiger partial charge in [0.05, 0.1) is 0 Å². The van der Waals surface area contributed by atoms with Crippen LogP contribution in [-0.4, -0.2) is 37.2 Å². The first-order chi connectivity index (χ1) is 33.0. The number of rotatable bonds is 51. The summed E-state index contributed by atoms with van der Waals surface area (Å²) in [5.74, 6) is -0.895. The van der Waals surface area contributed by atoms with E-state index >= 15 is 0 Å². The van der Waals surface area contributed by atoms with E-state index in [1.54, 1.807) is 0 Å². The molecule has 0 N–H and O–H groups in total. The molecule has 0 aromatic rings. The number of ether oxygens (including phenoxy) is 3. The molecule has 0 aromatic carbocycles. The van der Waals surface area contributed by atoms with E-state index < -0.39 is 6.10 Å². The second-order valence-electron chi connectivity index (χ2n) is 18.8. The van der Waals surface area contributed by atoms with E-state index in [1.165, 1.54) is 141 Å². The molecule has 1 atom stereocenters. The van der Waals surface area contributed by atoms with Crippen LogP contribution in [0.4, 0.5) is 0 Å². The molecule has 0 spiro atoms. The van der Waals surface area contributed by atoms with Crippen LogP contribution in [-0.2, 0) is 28.6 Å². The maximum Gasteiger partial charge on any atom is 0.306 e. The molecule has 0 saturated carbocycles. The van der Waals surface area contributed by atoms with Crippen molar-refractivity contribution in [2.45, 2.75) is 284 Å². The lowest BCUT2D eigenvalue weighted by molar-refractivity contribution is -0.167. The van der Waals surface area contributed by atoms with E-state index in [0.29, 0.717) is 19.3 Å². The number of esters is 3. The van der Waals surface area contributed by atoms with Gasteiger partial charge in [-0.1, -0.05) is 241 Å². The predicted octanol–water partition coefficient (Wildman–Crippen LogP) is 19.0. The SMILES string of the molecule is CC/C=C\C/C=C\C/C=C\CCCCCCCCCC(=O)OC(COC(=O)CCCCCCCCC)COC(=O)CCCCCCCCCCCC/C=C\C/C=C\C/C=C\CCCCCCC. The molecular weight excluding hydrogens is 829 g/mol. The zero-order valence-electron chi connectivity index (χ0n) is 44.2. The van der Waals surface area contributed by atoms with Gasteiger partial charge in [0.1, 0.15) is 13.2 Å². The summed E-state index contributed by atoms with van der Waals surface area (Å²) in [7, 11) is 0. The lowest BCUT2D eigenvalue weighted by atomic mass is 10.1. The highest BCUT2D eigenvalue weighted by Gasteiger charge is 2.19. The molecule has 386 valence electrons. The third-order valence-electron chi connectivity index (χ3n) is 12.2. The molecule has 0 rings (SSSR count). The van der Waals surface area contributed by atoms with Crippen molar-refractivity contribution in [1.82, 2.24) is 0 Å². The Morgan fingerprint density at radius 2 is 0.582 bits per heavy atom. The maximum absolute atomic E-state index is 12.8. The molecule has 0 radical (unpaired) electrons. The van der Waals surface area contributed by atoms with Gasteiger partial charge >= 0.3 is 17.9 Å².